The van der Waals surface area contributed by atoms with Gasteiger partial charge in [0.05, 0.1) is 6.42 Å². The molecule has 1 fully saturated rings. The van der Waals surface area contributed by atoms with Crippen LogP contribution in [-0.4, -0.2) is 52.1 Å². The molecule has 1 aliphatic heterocycles. The van der Waals surface area contributed by atoms with Crippen LogP contribution in [0.25, 0.3) is 0 Å². The van der Waals surface area contributed by atoms with E-state index in [1.807, 2.05) is 13.8 Å². The molecule has 1 atom stereocenters. The van der Waals surface area contributed by atoms with E-state index < -0.39 is 5.97 Å². The van der Waals surface area contributed by atoms with Crippen molar-refractivity contribution in [1.29, 1.82) is 0 Å². The van der Waals surface area contributed by atoms with Gasteiger partial charge in [0.25, 0.3) is 0 Å². The average molecular weight is 268 g/mol. The number of carbonyl (C=O) groups is 2. The number of rotatable bonds is 5. The SMILES string of the molecule is C=CCN(C(=O)N1CCCCC1CC(=O)O)C(C)C. The third-order valence-electron chi connectivity index (χ3n) is 3.48. The first-order valence-corrected chi connectivity index (χ1v) is 6.87. The molecule has 19 heavy (non-hydrogen) atoms. The van der Waals surface area contributed by atoms with Crippen molar-refractivity contribution < 1.29 is 14.7 Å². The van der Waals surface area contributed by atoms with E-state index in [2.05, 4.69) is 6.58 Å². The Morgan fingerprint density at radius 3 is 2.68 bits per heavy atom. The molecule has 1 saturated heterocycles. The molecule has 0 aromatic carbocycles. The minimum Gasteiger partial charge on any atom is -0.481 e. The van der Waals surface area contributed by atoms with Crippen LogP contribution in [0.15, 0.2) is 12.7 Å². The maximum atomic E-state index is 12.5. The van der Waals surface area contributed by atoms with Crippen LogP contribution in [0.1, 0.15) is 39.5 Å². The van der Waals surface area contributed by atoms with Crippen molar-refractivity contribution in [2.75, 3.05) is 13.1 Å². The first-order valence-electron chi connectivity index (χ1n) is 6.87. The molecule has 0 spiro atoms. The van der Waals surface area contributed by atoms with Crippen LogP contribution in [0.4, 0.5) is 4.79 Å². The predicted octanol–water partition coefficient (Wildman–Crippen LogP) is 2.33. The summed E-state index contributed by atoms with van der Waals surface area (Å²) in [6, 6.07) is -0.163. The van der Waals surface area contributed by atoms with Crippen LogP contribution < -0.4 is 0 Å². The Kier molecular flexibility index (Phi) is 5.86. The molecule has 1 rings (SSSR count). The summed E-state index contributed by atoms with van der Waals surface area (Å²) in [5, 5.41) is 8.95. The smallest absolute Gasteiger partial charge is 0.320 e. The van der Waals surface area contributed by atoms with E-state index in [1.54, 1.807) is 15.9 Å². The Balaban J connectivity index is 2.79. The quantitative estimate of drug-likeness (QED) is 0.778. The fourth-order valence-corrected chi connectivity index (χ4v) is 2.48. The topological polar surface area (TPSA) is 60.9 Å². The first kappa shape index (κ1) is 15.5. The summed E-state index contributed by atoms with van der Waals surface area (Å²) in [4.78, 5) is 26.9. The zero-order valence-corrected chi connectivity index (χ0v) is 11.8. The van der Waals surface area contributed by atoms with Gasteiger partial charge in [-0.2, -0.15) is 0 Å². The highest BCUT2D eigenvalue weighted by atomic mass is 16.4. The largest absolute Gasteiger partial charge is 0.481 e. The Hall–Kier alpha value is -1.52. The van der Waals surface area contributed by atoms with Gasteiger partial charge >= 0.3 is 12.0 Å². The lowest BCUT2D eigenvalue weighted by molar-refractivity contribution is -0.138. The zero-order valence-electron chi connectivity index (χ0n) is 11.8. The number of hydrogen-bond donors (Lipinski definition) is 1. The Labute approximate surface area is 114 Å². The van der Waals surface area contributed by atoms with Crippen molar-refractivity contribution in [2.45, 2.75) is 51.6 Å². The number of carboxylic acid groups (broad SMARTS) is 1. The summed E-state index contributed by atoms with van der Waals surface area (Å²) in [6.45, 7) is 8.73. The van der Waals surface area contributed by atoms with Crippen LogP contribution in [0.5, 0.6) is 0 Å². The van der Waals surface area contributed by atoms with Crippen LogP contribution in [0.3, 0.4) is 0 Å². The molecule has 0 bridgehead atoms. The molecule has 0 saturated carbocycles. The summed E-state index contributed by atoms with van der Waals surface area (Å²) in [6.07, 6.45) is 4.45. The molecule has 1 heterocycles. The lowest BCUT2D eigenvalue weighted by Crippen LogP contribution is -2.52. The van der Waals surface area contributed by atoms with E-state index in [0.717, 1.165) is 19.3 Å². The Bertz CT molecular complexity index is 342. The zero-order chi connectivity index (χ0) is 14.4. The molecule has 0 aromatic heterocycles. The Morgan fingerprint density at radius 1 is 1.47 bits per heavy atom. The summed E-state index contributed by atoms with van der Waals surface area (Å²) in [5.41, 5.74) is 0. The highest BCUT2D eigenvalue weighted by molar-refractivity contribution is 5.76. The number of piperidine rings is 1. The van der Waals surface area contributed by atoms with Crippen LogP contribution in [-0.2, 0) is 4.79 Å². The van der Waals surface area contributed by atoms with Crippen molar-refractivity contribution in [3.63, 3.8) is 0 Å². The van der Waals surface area contributed by atoms with E-state index in [9.17, 15) is 9.59 Å². The summed E-state index contributed by atoms with van der Waals surface area (Å²) < 4.78 is 0. The highest BCUT2D eigenvalue weighted by Crippen LogP contribution is 2.22. The lowest BCUT2D eigenvalue weighted by Gasteiger charge is -2.39. The number of hydrogen-bond acceptors (Lipinski definition) is 2. The minimum atomic E-state index is -0.843. The third kappa shape index (κ3) is 4.26. The summed E-state index contributed by atoms with van der Waals surface area (Å²) in [5.74, 6) is -0.843. The second kappa shape index (κ2) is 7.16. The maximum Gasteiger partial charge on any atom is 0.320 e. The molecule has 1 unspecified atom stereocenters. The predicted molar refractivity (Wildman–Crippen MR) is 74.0 cm³/mol. The molecule has 108 valence electrons. The van der Waals surface area contributed by atoms with Crippen molar-refractivity contribution in [2.24, 2.45) is 0 Å². The second-order valence-electron chi connectivity index (χ2n) is 5.26. The molecule has 0 aromatic rings. The number of aliphatic carboxylic acids is 1. The van der Waals surface area contributed by atoms with Gasteiger partial charge in [0.1, 0.15) is 0 Å². The molecule has 1 N–H and O–H groups in total. The average Bonchev–Trinajstić information content (AvgIpc) is 2.34. The number of amides is 2. The highest BCUT2D eigenvalue weighted by Gasteiger charge is 2.31. The number of carboxylic acids is 1. The van der Waals surface area contributed by atoms with Gasteiger partial charge in [-0.25, -0.2) is 4.79 Å². The van der Waals surface area contributed by atoms with Gasteiger partial charge in [-0.1, -0.05) is 6.08 Å². The van der Waals surface area contributed by atoms with Crippen LogP contribution >= 0.6 is 0 Å². The van der Waals surface area contributed by atoms with E-state index in [1.165, 1.54) is 0 Å². The molecule has 5 heteroatoms. The molecule has 0 radical (unpaired) electrons. The number of urea groups is 1. The van der Waals surface area contributed by atoms with Gasteiger partial charge in [0.15, 0.2) is 0 Å². The molecule has 0 aliphatic carbocycles. The van der Waals surface area contributed by atoms with Crippen LogP contribution in [0, 0.1) is 0 Å². The van der Waals surface area contributed by atoms with Gasteiger partial charge in [-0.3, -0.25) is 4.79 Å². The lowest BCUT2D eigenvalue weighted by atomic mass is 9.99. The van der Waals surface area contributed by atoms with E-state index in [0.29, 0.717) is 13.1 Å². The fourth-order valence-electron chi connectivity index (χ4n) is 2.48. The molecule has 5 nitrogen and oxygen atoms in total. The fraction of sp³-hybridized carbons (Fsp3) is 0.714. The van der Waals surface area contributed by atoms with Gasteiger partial charge in [0, 0.05) is 25.2 Å². The molecule has 1 aliphatic rings. The van der Waals surface area contributed by atoms with Crippen molar-refractivity contribution >= 4 is 12.0 Å². The monoisotopic (exact) mass is 268 g/mol. The standard InChI is InChI=1S/C14H24N2O3/c1-4-8-15(11(2)3)14(19)16-9-6-5-7-12(16)10-13(17)18/h4,11-12H,1,5-10H2,2-3H3,(H,17,18). The van der Waals surface area contributed by atoms with Gasteiger partial charge in [0.2, 0.25) is 0 Å². The van der Waals surface area contributed by atoms with E-state index in [-0.39, 0.29) is 24.5 Å². The van der Waals surface area contributed by atoms with Gasteiger partial charge in [-0.15, -0.1) is 6.58 Å². The minimum absolute atomic E-state index is 0.0335. The second-order valence-corrected chi connectivity index (χ2v) is 5.26. The molecule has 2 amide bonds. The van der Waals surface area contributed by atoms with Crippen molar-refractivity contribution in [3.8, 4) is 0 Å². The normalized spacial score (nSPS) is 19.3. The number of nitrogens with zero attached hydrogens (tertiary/aromatic N) is 2. The molecular weight excluding hydrogens is 244 g/mol. The maximum absolute atomic E-state index is 12.5. The number of carbonyl (C=O) groups excluding carboxylic acids is 1. The summed E-state index contributed by atoms with van der Waals surface area (Å²) >= 11 is 0. The third-order valence-corrected chi connectivity index (χ3v) is 3.48. The van der Waals surface area contributed by atoms with E-state index in [4.69, 9.17) is 5.11 Å². The number of likely N-dealkylation sites (tertiary alicyclic amines) is 1. The van der Waals surface area contributed by atoms with Crippen molar-refractivity contribution in [1.82, 2.24) is 9.80 Å². The molecular formula is C14H24N2O3. The van der Waals surface area contributed by atoms with Crippen LogP contribution in [0.2, 0.25) is 0 Å². The van der Waals surface area contributed by atoms with Crippen molar-refractivity contribution in [3.05, 3.63) is 12.7 Å². The van der Waals surface area contributed by atoms with Gasteiger partial charge in [-0.05, 0) is 33.1 Å². The Morgan fingerprint density at radius 2 is 2.16 bits per heavy atom. The van der Waals surface area contributed by atoms with E-state index >= 15 is 0 Å². The first-order chi connectivity index (χ1) is 8.97. The van der Waals surface area contributed by atoms with Gasteiger partial charge < -0.3 is 14.9 Å². The summed E-state index contributed by atoms with van der Waals surface area (Å²) in [7, 11) is 0.